The van der Waals surface area contributed by atoms with Crippen LogP contribution >= 0.6 is 23.1 Å². The summed E-state index contributed by atoms with van der Waals surface area (Å²) in [4.78, 5) is 55.1. The number of anilines is 2. The topological polar surface area (TPSA) is 141 Å². The Kier molecular flexibility index (Phi) is 11.2. The quantitative estimate of drug-likeness (QED) is 0.126. The van der Waals surface area contributed by atoms with Gasteiger partial charge in [0.25, 0.3) is 11.8 Å². The highest BCUT2D eigenvalue weighted by atomic mass is 32.2. The minimum absolute atomic E-state index is 0.0567. The third-order valence-corrected chi connectivity index (χ3v) is 9.30. The fourth-order valence-corrected chi connectivity index (χ4v) is 6.91. The van der Waals surface area contributed by atoms with Crippen LogP contribution in [0.5, 0.6) is 0 Å². The highest BCUT2D eigenvalue weighted by molar-refractivity contribution is 8.00. The summed E-state index contributed by atoms with van der Waals surface area (Å²) in [5, 5.41) is 18.8. The smallest absolute Gasteiger partial charge is 0.410 e. The van der Waals surface area contributed by atoms with Crippen molar-refractivity contribution in [3.8, 4) is 6.07 Å². The number of nitrogens with one attached hydrogen (secondary N) is 3. The molecule has 2 heterocycles. The van der Waals surface area contributed by atoms with Gasteiger partial charge in [-0.3, -0.25) is 14.4 Å². The summed E-state index contributed by atoms with van der Waals surface area (Å²) in [5.74, 6) is -1.17. The summed E-state index contributed by atoms with van der Waals surface area (Å²) in [6.07, 6.45) is 1.69. The van der Waals surface area contributed by atoms with Gasteiger partial charge in [0.15, 0.2) is 0 Å². The second-order valence-electron chi connectivity index (χ2n) is 12.1. The molecule has 5 rings (SSSR count). The van der Waals surface area contributed by atoms with Crippen LogP contribution in [-0.4, -0.2) is 46.6 Å². The van der Waals surface area contributed by atoms with Crippen molar-refractivity contribution < 1.29 is 23.9 Å². The largest absolute Gasteiger partial charge is 0.444 e. The molecule has 0 spiro atoms. The molecular formula is C37H35N5O5S2. The van der Waals surface area contributed by atoms with Gasteiger partial charge in [0, 0.05) is 27.6 Å². The zero-order chi connectivity index (χ0) is 35.0. The summed E-state index contributed by atoms with van der Waals surface area (Å²) in [6.45, 7) is 6.17. The molecule has 0 saturated heterocycles. The van der Waals surface area contributed by atoms with Crippen LogP contribution in [0.2, 0.25) is 0 Å². The third-order valence-electron chi connectivity index (χ3n) is 7.17. The molecule has 0 fully saturated rings. The van der Waals surface area contributed by atoms with E-state index in [4.69, 9.17) is 4.74 Å². The van der Waals surface area contributed by atoms with Crippen LogP contribution < -0.4 is 16.0 Å². The number of benzene rings is 3. The molecule has 10 nitrogen and oxygen atoms in total. The Bertz CT molecular complexity index is 1930. The number of thioether (sulfide) groups is 1. The molecule has 49 heavy (non-hydrogen) atoms. The van der Waals surface area contributed by atoms with E-state index in [1.807, 2.05) is 57.2 Å². The third kappa shape index (κ3) is 9.59. The SMILES string of the molecule is CC(C)(C)OC(=O)N1CCc2c(sc(NC(=O)CSc3cccc(NC(=O)/C(=C/c4ccccc4)NC(=O)c4ccccc4)c3)c2C#N)C1. The zero-order valence-corrected chi connectivity index (χ0v) is 28.9. The van der Waals surface area contributed by atoms with E-state index in [-0.39, 0.29) is 17.4 Å². The van der Waals surface area contributed by atoms with E-state index >= 15 is 0 Å². The number of hydrogen-bond acceptors (Lipinski definition) is 8. The van der Waals surface area contributed by atoms with Crippen LogP contribution in [0.15, 0.2) is 95.5 Å². The van der Waals surface area contributed by atoms with Crippen LogP contribution in [0, 0.1) is 11.3 Å². The normalized spacial score (nSPS) is 12.7. The number of nitrogens with zero attached hydrogens (tertiary/aromatic N) is 2. The van der Waals surface area contributed by atoms with Crippen LogP contribution in [0.3, 0.4) is 0 Å². The maximum Gasteiger partial charge on any atom is 0.410 e. The van der Waals surface area contributed by atoms with Crippen molar-refractivity contribution in [2.75, 3.05) is 22.9 Å². The van der Waals surface area contributed by atoms with Gasteiger partial charge in [0.2, 0.25) is 5.91 Å². The summed E-state index contributed by atoms with van der Waals surface area (Å²) in [6, 6.07) is 27.1. The highest BCUT2D eigenvalue weighted by Gasteiger charge is 2.30. The predicted molar refractivity (Wildman–Crippen MR) is 192 cm³/mol. The highest BCUT2D eigenvalue weighted by Crippen LogP contribution is 2.37. The first-order valence-electron chi connectivity index (χ1n) is 15.5. The Hall–Kier alpha value is -5.38. The van der Waals surface area contributed by atoms with E-state index in [1.54, 1.807) is 59.5 Å². The lowest BCUT2D eigenvalue weighted by molar-refractivity contribution is -0.114. The number of rotatable bonds is 9. The Morgan fingerprint density at radius 2 is 1.69 bits per heavy atom. The molecule has 4 aromatic rings. The summed E-state index contributed by atoms with van der Waals surface area (Å²) in [7, 11) is 0. The number of thiophene rings is 1. The van der Waals surface area contributed by atoms with E-state index in [9.17, 15) is 24.4 Å². The average Bonchev–Trinajstić information content (AvgIpc) is 3.43. The van der Waals surface area contributed by atoms with Gasteiger partial charge >= 0.3 is 6.09 Å². The van der Waals surface area contributed by atoms with Crippen molar-refractivity contribution >= 4 is 63.7 Å². The minimum Gasteiger partial charge on any atom is -0.444 e. The van der Waals surface area contributed by atoms with E-state index < -0.39 is 23.5 Å². The molecule has 1 aromatic heterocycles. The van der Waals surface area contributed by atoms with Gasteiger partial charge in [-0.1, -0.05) is 54.6 Å². The molecule has 0 atom stereocenters. The number of fused-ring (bicyclic) bond motifs is 1. The lowest BCUT2D eigenvalue weighted by Gasteiger charge is -2.29. The number of carbonyl (C=O) groups excluding carboxylic acids is 4. The molecule has 250 valence electrons. The summed E-state index contributed by atoms with van der Waals surface area (Å²) in [5.41, 5.74) is 2.36. The number of carbonyl (C=O) groups is 4. The van der Waals surface area contributed by atoms with Crippen LogP contribution in [0.25, 0.3) is 6.08 Å². The molecule has 0 saturated carbocycles. The Balaban J connectivity index is 1.22. The number of hydrogen-bond donors (Lipinski definition) is 3. The Morgan fingerprint density at radius 3 is 2.39 bits per heavy atom. The van der Waals surface area contributed by atoms with Gasteiger partial charge in [-0.25, -0.2) is 4.79 Å². The van der Waals surface area contributed by atoms with Crippen molar-refractivity contribution in [2.24, 2.45) is 0 Å². The molecule has 12 heteroatoms. The number of nitriles is 1. The van der Waals surface area contributed by atoms with E-state index in [0.29, 0.717) is 41.3 Å². The molecule has 1 aliphatic heterocycles. The predicted octanol–water partition coefficient (Wildman–Crippen LogP) is 7.05. The van der Waals surface area contributed by atoms with Gasteiger partial charge in [-0.15, -0.1) is 23.1 Å². The minimum atomic E-state index is -0.616. The molecule has 4 amide bonds. The van der Waals surface area contributed by atoms with E-state index in [0.717, 1.165) is 20.9 Å². The lowest BCUT2D eigenvalue weighted by Crippen LogP contribution is -2.39. The maximum atomic E-state index is 13.4. The number of ether oxygens (including phenoxy) is 1. The van der Waals surface area contributed by atoms with Crippen molar-refractivity contribution in [1.29, 1.82) is 5.26 Å². The summed E-state index contributed by atoms with van der Waals surface area (Å²) >= 11 is 2.57. The fraction of sp³-hybridized carbons (Fsp3) is 0.216. The molecule has 0 aliphatic carbocycles. The molecule has 0 radical (unpaired) electrons. The second-order valence-corrected chi connectivity index (χ2v) is 14.2. The van der Waals surface area contributed by atoms with Crippen molar-refractivity contribution in [1.82, 2.24) is 10.2 Å². The maximum absolute atomic E-state index is 13.4. The number of amides is 4. The second kappa shape index (κ2) is 15.7. The van der Waals surface area contributed by atoms with Crippen LogP contribution in [0.1, 0.15) is 52.7 Å². The van der Waals surface area contributed by atoms with Gasteiger partial charge in [0.1, 0.15) is 22.4 Å². The van der Waals surface area contributed by atoms with Crippen molar-refractivity contribution in [2.45, 2.75) is 44.2 Å². The van der Waals surface area contributed by atoms with Gasteiger partial charge in [0.05, 0.1) is 17.9 Å². The zero-order valence-electron chi connectivity index (χ0n) is 27.2. The Labute approximate surface area is 293 Å². The van der Waals surface area contributed by atoms with Gasteiger partial charge < -0.3 is 25.6 Å². The first-order valence-corrected chi connectivity index (χ1v) is 17.3. The average molecular weight is 694 g/mol. The van der Waals surface area contributed by atoms with E-state index in [2.05, 4.69) is 22.0 Å². The molecule has 3 aromatic carbocycles. The van der Waals surface area contributed by atoms with Gasteiger partial charge in [-0.2, -0.15) is 5.26 Å². The van der Waals surface area contributed by atoms with Crippen molar-refractivity contribution in [3.63, 3.8) is 0 Å². The first kappa shape index (κ1) is 34.9. The summed E-state index contributed by atoms with van der Waals surface area (Å²) < 4.78 is 5.50. The molecule has 3 N–H and O–H groups in total. The lowest BCUT2D eigenvalue weighted by atomic mass is 10.0. The van der Waals surface area contributed by atoms with Crippen molar-refractivity contribution in [3.05, 3.63) is 118 Å². The molecule has 1 aliphatic rings. The first-order chi connectivity index (χ1) is 23.5. The van der Waals surface area contributed by atoms with Gasteiger partial charge in [-0.05, 0) is 74.7 Å². The van der Waals surface area contributed by atoms with Crippen LogP contribution in [0.4, 0.5) is 15.5 Å². The Morgan fingerprint density at radius 1 is 0.980 bits per heavy atom. The van der Waals surface area contributed by atoms with Crippen LogP contribution in [-0.2, 0) is 27.3 Å². The van der Waals surface area contributed by atoms with E-state index in [1.165, 1.54) is 23.1 Å². The standard InChI is InChI=1S/C37H35N5O5S2/c1-37(2,3)47-36(46)42-18-17-28-29(21-38)35(49-31(28)22-42)41-32(43)23-48-27-16-10-15-26(20-27)39-34(45)30(19-24-11-6-4-7-12-24)40-33(44)25-13-8-5-9-14-25/h4-16,19-20H,17-18,22-23H2,1-3H3,(H,39,45)(H,40,44)(H,41,43)/b30-19-. The fourth-order valence-electron chi connectivity index (χ4n) is 4.92. The molecule has 0 unspecified atom stereocenters. The molecule has 0 bridgehead atoms. The monoisotopic (exact) mass is 693 g/mol. The molecular weight excluding hydrogens is 659 g/mol.